The number of likely N-dealkylation sites (N-methyl/N-ethyl adjacent to an activating group) is 1. The quantitative estimate of drug-likeness (QED) is 0.545. The Hall–Kier alpha value is -0.570. The first kappa shape index (κ1) is 11.9. The van der Waals surface area contributed by atoms with Crippen LogP contribution in [-0.4, -0.2) is 48.4 Å². The third-order valence-corrected chi connectivity index (χ3v) is 4.13. The molecule has 2 aliphatic rings. The lowest BCUT2D eigenvalue weighted by atomic mass is 9.87. The molecule has 2 rings (SSSR count). The summed E-state index contributed by atoms with van der Waals surface area (Å²) in [7, 11) is 2.18. The summed E-state index contributed by atoms with van der Waals surface area (Å²) in [6, 6.07) is 0.521. The molecule has 1 N–H and O–H groups in total. The molecule has 0 aromatic carbocycles. The molecule has 92 valence electrons. The summed E-state index contributed by atoms with van der Waals surface area (Å²) in [5.74, 6) is 1.49. The van der Waals surface area contributed by atoms with E-state index in [4.69, 9.17) is 5.41 Å². The minimum Gasteiger partial charge on any atom is -0.355 e. The fraction of sp³-hybridized carbons (Fsp3) is 0.923. The summed E-state index contributed by atoms with van der Waals surface area (Å²) >= 11 is 0. The molecule has 16 heavy (non-hydrogen) atoms. The van der Waals surface area contributed by atoms with E-state index in [1.54, 1.807) is 0 Å². The van der Waals surface area contributed by atoms with Gasteiger partial charge in [-0.3, -0.25) is 5.41 Å². The van der Waals surface area contributed by atoms with Gasteiger partial charge in [-0.05, 0) is 26.8 Å². The summed E-state index contributed by atoms with van der Waals surface area (Å²) in [6.07, 6.45) is 6.53. The van der Waals surface area contributed by atoms with E-state index in [-0.39, 0.29) is 0 Å². The molecule has 0 amide bonds. The molecule has 0 aromatic heterocycles. The van der Waals surface area contributed by atoms with Crippen LogP contribution in [0.5, 0.6) is 0 Å². The molecule has 1 saturated carbocycles. The number of hydrogen-bond acceptors (Lipinski definition) is 2. The van der Waals surface area contributed by atoms with Crippen LogP contribution in [0.4, 0.5) is 0 Å². The Morgan fingerprint density at radius 1 is 1.12 bits per heavy atom. The lowest BCUT2D eigenvalue weighted by Gasteiger charge is -2.42. The van der Waals surface area contributed by atoms with Gasteiger partial charge in [0, 0.05) is 31.6 Å². The van der Waals surface area contributed by atoms with Crippen LogP contribution in [0.3, 0.4) is 0 Å². The Bertz CT molecular complexity index is 246. The highest BCUT2D eigenvalue weighted by molar-refractivity contribution is 5.82. The summed E-state index contributed by atoms with van der Waals surface area (Å²) < 4.78 is 0. The van der Waals surface area contributed by atoms with E-state index in [0.717, 1.165) is 25.5 Å². The maximum atomic E-state index is 8.38. The molecule has 1 atom stereocenters. The summed E-state index contributed by atoms with van der Waals surface area (Å²) in [5.41, 5.74) is 0. The highest BCUT2D eigenvalue weighted by atomic mass is 15.3. The SMILES string of the molecule is CC1CN(C)CCN1C(=N)C1CCCCC1. The maximum absolute atomic E-state index is 8.38. The Morgan fingerprint density at radius 3 is 2.44 bits per heavy atom. The number of piperazine rings is 1. The van der Waals surface area contributed by atoms with Gasteiger partial charge >= 0.3 is 0 Å². The van der Waals surface area contributed by atoms with E-state index in [2.05, 4.69) is 23.8 Å². The van der Waals surface area contributed by atoms with Crippen molar-refractivity contribution in [2.24, 2.45) is 5.92 Å². The molecule has 1 heterocycles. The zero-order valence-electron chi connectivity index (χ0n) is 10.7. The Kier molecular flexibility index (Phi) is 3.85. The van der Waals surface area contributed by atoms with Crippen molar-refractivity contribution >= 4 is 5.84 Å². The zero-order valence-corrected chi connectivity index (χ0v) is 10.7. The van der Waals surface area contributed by atoms with Crippen molar-refractivity contribution in [2.75, 3.05) is 26.7 Å². The largest absolute Gasteiger partial charge is 0.355 e. The molecule has 0 radical (unpaired) electrons. The Morgan fingerprint density at radius 2 is 1.81 bits per heavy atom. The van der Waals surface area contributed by atoms with Crippen molar-refractivity contribution in [1.82, 2.24) is 9.80 Å². The summed E-state index contributed by atoms with van der Waals surface area (Å²) in [5, 5.41) is 8.38. The highest BCUT2D eigenvalue weighted by Crippen LogP contribution is 2.26. The predicted octanol–water partition coefficient (Wildman–Crippen LogP) is 2.18. The molecule has 0 aromatic rings. The zero-order chi connectivity index (χ0) is 11.5. The first-order valence-corrected chi connectivity index (χ1v) is 6.72. The Balaban J connectivity index is 1.92. The molecule has 1 aliphatic carbocycles. The maximum Gasteiger partial charge on any atom is 0.0992 e. The summed E-state index contributed by atoms with van der Waals surface area (Å²) in [4.78, 5) is 4.71. The standard InChI is InChI=1S/C13H25N3/c1-11-10-15(2)8-9-16(11)13(14)12-6-4-3-5-7-12/h11-12,14H,3-10H2,1-2H3. The van der Waals surface area contributed by atoms with E-state index < -0.39 is 0 Å². The van der Waals surface area contributed by atoms with Crippen molar-refractivity contribution in [1.29, 1.82) is 5.41 Å². The normalized spacial score (nSPS) is 29.4. The predicted molar refractivity (Wildman–Crippen MR) is 68.0 cm³/mol. The van der Waals surface area contributed by atoms with Crippen molar-refractivity contribution in [2.45, 2.75) is 45.1 Å². The first-order valence-electron chi connectivity index (χ1n) is 6.72. The minimum atomic E-state index is 0.521. The molecule has 1 unspecified atom stereocenters. The summed E-state index contributed by atoms with van der Waals surface area (Å²) in [6.45, 7) is 5.52. The second-order valence-corrected chi connectivity index (χ2v) is 5.52. The molecular weight excluding hydrogens is 198 g/mol. The van der Waals surface area contributed by atoms with Crippen LogP contribution in [0.1, 0.15) is 39.0 Å². The van der Waals surface area contributed by atoms with Crippen molar-refractivity contribution in [3.05, 3.63) is 0 Å². The van der Waals surface area contributed by atoms with Gasteiger partial charge in [0.15, 0.2) is 0 Å². The Labute approximate surface area is 99.3 Å². The first-order chi connectivity index (χ1) is 7.68. The van der Waals surface area contributed by atoms with Crippen LogP contribution in [0.2, 0.25) is 0 Å². The van der Waals surface area contributed by atoms with Crippen LogP contribution < -0.4 is 0 Å². The number of rotatable bonds is 1. The van der Waals surface area contributed by atoms with Gasteiger partial charge in [-0.25, -0.2) is 0 Å². The molecule has 1 saturated heterocycles. The van der Waals surface area contributed by atoms with Gasteiger partial charge in [0.2, 0.25) is 0 Å². The average molecular weight is 223 g/mol. The molecule has 3 heteroatoms. The number of nitrogens with one attached hydrogen (secondary N) is 1. The number of amidine groups is 1. The van der Waals surface area contributed by atoms with Gasteiger partial charge in [-0.15, -0.1) is 0 Å². The van der Waals surface area contributed by atoms with Gasteiger partial charge in [0.1, 0.15) is 0 Å². The minimum absolute atomic E-state index is 0.521. The molecule has 3 nitrogen and oxygen atoms in total. The van der Waals surface area contributed by atoms with Crippen LogP contribution in [-0.2, 0) is 0 Å². The van der Waals surface area contributed by atoms with Gasteiger partial charge in [0.05, 0.1) is 5.84 Å². The van der Waals surface area contributed by atoms with Gasteiger partial charge < -0.3 is 9.80 Å². The molecule has 0 spiro atoms. The fourth-order valence-electron chi connectivity index (χ4n) is 3.11. The van der Waals surface area contributed by atoms with E-state index in [1.165, 1.54) is 32.1 Å². The van der Waals surface area contributed by atoms with Gasteiger partial charge in [-0.1, -0.05) is 19.3 Å². The third kappa shape index (κ3) is 2.57. The van der Waals surface area contributed by atoms with E-state index >= 15 is 0 Å². The number of hydrogen-bond donors (Lipinski definition) is 1. The van der Waals surface area contributed by atoms with E-state index in [0.29, 0.717) is 12.0 Å². The smallest absolute Gasteiger partial charge is 0.0992 e. The lowest BCUT2D eigenvalue weighted by Crippen LogP contribution is -2.54. The monoisotopic (exact) mass is 223 g/mol. The van der Waals surface area contributed by atoms with E-state index in [9.17, 15) is 0 Å². The topological polar surface area (TPSA) is 30.3 Å². The molecular formula is C13H25N3. The van der Waals surface area contributed by atoms with Crippen molar-refractivity contribution in [3.63, 3.8) is 0 Å². The molecule has 1 aliphatic heterocycles. The van der Waals surface area contributed by atoms with Gasteiger partial charge in [-0.2, -0.15) is 0 Å². The molecule has 2 fully saturated rings. The van der Waals surface area contributed by atoms with E-state index in [1.807, 2.05) is 0 Å². The second-order valence-electron chi connectivity index (χ2n) is 5.52. The van der Waals surface area contributed by atoms with Crippen molar-refractivity contribution < 1.29 is 0 Å². The van der Waals surface area contributed by atoms with Gasteiger partial charge in [0.25, 0.3) is 0 Å². The second kappa shape index (κ2) is 5.17. The van der Waals surface area contributed by atoms with Crippen LogP contribution in [0.15, 0.2) is 0 Å². The highest BCUT2D eigenvalue weighted by Gasteiger charge is 2.28. The number of nitrogens with zero attached hydrogens (tertiary/aromatic N) is 2. The molecule has 0 bridgehead atoms. The average Bonchev–Trinajstić information content (AvgIpc) is 2.29. The van der Waals surface area contributed by atoms with Crippen LogP contribution in [0, 0.1) is 11.3 Å². The van der Waals surface area contributed by atoms with Crippen molar-refractivity contribution in [3.8, 4) is 0 Å². The fourth-order valence-corrected chi connectivity index (χ4v) is 3.11. The van der Waals surface area contributed by atoms with Crippen LogP contribution >= 0.6 is 0 Å². The lowest BCUT2D eigenvalue weighted by molar-refractivity contribution is 0.153. The third-order valence-electron chi connectivity index (χ3n) is 4.13. The van der Waals surface area contributed by atoms with Crippen LogP contribution in [0.25, 0.3) is 0 Å².